The van der Waals surface area contributed by atoms with Crippen LogP contribution in [-0.4, -0.2) is 54.8 Å². The number of carboxylic acids is 2. The molecule has 0 saturated carbocycles. The van der Waals surface area contributed by atoms with E-state index in [1.54, 1.807) is 26.0 Å². The van der Waals surface area contributed by atoms with Gasteiger partial charge in [0.05, 0.1) is 16.8 Å². The van der Waals surface area contributed by atoms with E-state index >= 15 is 0 Å². The second-order valence-electron chi connectivity index (χ2n) is 7.97. The minimum Gasteiger partial charge on any atom is -0.478 e. The molecular formula is C23H30F3N3O6S. The number of pyridine rings is 1. The number of hydrogen-bond donors (Lipinski definition) is 3. The van der Waals surface area contributed by atoms with Gasteiger partial charge in [-0.15, -0.1) is 0 Å². The number of benzene rings is 1. The third-order valence-electron chi connectivity index (χ3n) is 4.93. The molecule has 1 aromatic carbocycles. The van der Waals surface area contributed by atoms with E-state index in [2.05, 4.69) is 16.6 Å². The predicted molar refractivity (Wildman–Crippen MR) is 129 cm³/mol. The summed E-state index contributed by atoms with van der Waals surface area (Å²) >= 11 is 0. The van der Waals surface area contributed by atoms with Gasteiger partial charge in [0.2, 0.25) is 0 Å². The molecule has 0 spiro atoms. The summed E-state index contributed by atoms with van der Waals surface area (Å²) in [5.41, 5.74) is 2.34. The quantitative estimate of drug-likeness (QED) is 0.419. The van der Waals surface area contributed by atoms with E-state index in [4.69, 9.17) is 9.90 Å². The van der Waals surface area contributed by atoms with Gasteiger partial charge in [-0.25, -0.2) is 23.0 Å². The Balaban J connectivity index is 0.000000809. The highest BCUT2D eigenvalue weighted by molar-refractivity contribution is 7.92. The van der Waals surface area contributed by atoms with Crippen molar-refractivity contribution in [3.8, 4) is 0 Å². The van der Waals surface area contributed by atoms with Crippen LogP contribution in [0.4, 0.5) is 24.7 Å². The number of halogens is 3. The number of aromatic carboxylic acids is 1. The molecule has 200 valence electrons. The maximum absolute atomic E-state index is 13.0. The number of alkyl halides is 3. The summed E-state index contributed by atoms with van der Waals surface area (Å²) in [6.07, 6.45) is -1.83. The largest absolute Gasteiger partial charge is 0.490 e. The number of carbonyl (C=O) groups is 2. The second-order valence-corrected chi connectivity index (χ2v) is 9.59. The summed E-state index contributed by atoms with van der Waals surface area (Å²) in [5, 5.41) is 16.8. The molecule has 0 amide bonds. The molecule has 13 heteroatoms. The van der Waals surface area contributed by atoms with Crippen molar-refractivity contribution in [1.82, 2.24) is 4.98 Å². The molecule has 9 nitrogen and oxygen atoms in total. The normalized spacial score (nSPS) is 11.3. The Morgan fingerprint density at radius 3 is 2.00 bits per heavy atom. The Kier molecular flexibility index (Phi) is 10.7. The van der Waals surface area contributed by atoms with Crippen molar-refractivity contribution in [2.45, 2.75) is 58.5 Å². The van der Waals surface area contributed by atoms with Gasteiger partial charge in [-0.1, -0.05) is 31.0 Å². The van der Waals surface area contributed by atoms with Gasteiger partial charge in [-0.05, 0) is 51.3 Å². The van der Waals surface area contributed by atoms with E-state index in [0.717, 1.165) is 18.4 Å². The molecule has 0 unspecified atom stereocenters. The van der Waals surface area contributed by atoms with Crippen molar-refractivity contribution < 1.29 is 41.4 Å². The number of unbranched alkanes of at least 4 members (excludes halogenated alkanes) is 1. The SMILES string of the molecule is CCCCN(CC)c1ncc(NS(=O)(=O)c2c(C)cc(C)cc2C)cc1C(=O)O.O=C(O)C(F)(F)F. The first-order valence-electron chi connectivity index (χ1n) is 10.9. The van der Waals surface area contributed by atoms with E-state index in [-0.39, 0.29) is 16.1 Å². The van der Waals surface area contributed by atoms with E-state index < -0.39 is 28.1 Å². The Labute approximate surface area is 208 Å². The molecule has 1 aromatic heterocycles. The molecule has 1 heterocycles. The first kappa shape index (κ1) is 30.7. The van der Waals surface area contributed by atoms with Crippen LogP contribution in [0.1, 0.15) is 53.7 Å². The highest BCUT2D eigenvalue weighted by Gasteiger charge is 2.38. The van der Waals surface area contributed by atoms with E-state index in [1.165, 1.54) is 12.3 Å². The number of sulfonamides is 1. The van der Waals surface area contributed by atoms with E-state index in [1.807, 2.05) is 18.7 Å². The summed E-state index contributed by atoms with van der Waals surface area (Å²) in [7, 11) is -3.88. The van der Waals surface area contributed by atoms with Crippen LogP contribution < -0.4 is 9.62 Å². The number of anilines is 2. The predicted octanol–water partition coefficient (Wildman–Crippen LogP) is 4.77. The highest BCUT2D eigenvalue weighted by Crippen LogP contribution is 2.27. The van der Waals surface area contributed by atoms with Gasteiger partial charge < -0.3 is 15.1 Å². The number of hydrogen-bond acceptors (Lipinski definition) is 6. The fourth-order valence-corrected chi connectivity index (χ4v) is 4.97. The molecule has 0 fully saturated rings. The number of aromatic nitrogens is 1. The first-order chi connectivity index (χ1) is 16.5. The van der Waals surface area contributed by atoms with Crippen molar-refractivity contribution >= 4 is 33.5 Å². The van der Waals surface area contributed by atoms with Crippen molar-refractivity contribution in [3.63, 3.8) is 0 Å². The molecule has 0 aliphatic rings. The molecule has 0 aliphatic carbocycles. The highest BCUT2D eigenvalue weighted by atomic mass is 32.2. The molecule has 3 N–H and O–H groups in total. The topological polar surface area (TPSA) is 137 Å². The zero-order chi connectivity index (χ0) is 27.8. The number of aliphatic carboxylic acids is 1. The van der Waals surface area contributed by atoms with Crippen LogP contribution in [0, 0.1) is 20.8 Å². The van der Waals surface area contributed by atoms with Gasteiger partial charge in [0, 0.05) is 13.1 Å². The van der Waals surface area contributed by atoms with Crippen LogP contribution in [0.3, 0.4) is 0 Å². The summed E-state index contributed by atoms with van der Waals surface area (Å²) in [4.78, 5) is 27.1. The van der Waals surface area contributed by atoms with Crippen LogP contribution in [0.2, 0.25) is 0 Å². The molecule has 0 atom stereocenters. The van der Waals surface area contributed by atoms with Crippen LogP contribution in [0.15, 0.2) is 29.3 Å². The monoisotopic (exact) mass is 533 g/mol. The maximum Gasteiger partial charge on any atom is 0.490 e. The fraction of sp³-hybridized carbons (Fsp3) is 0.435. The van der Waals surface area contributed by atoms with Crippen LogP contribution in [0.25, 0.3) is 0 Å². The Bertz CT molecular complexity index is 1180. The van der Waals surface area contributed by atoms with Crippen LogP contribution in [-0.2, 0) is 14.8 Å². The van der Waals surface area contributed by atoms with Gasteiger partial charge in [-0.3, -0.25) is 4.72 Å². The lowest BCUT2D eigenvalue weighted by molar-refractivity contribution is -0.192. The Morgan fingerprint density at radius 2 is 1.58 bits per heavy atom. The van der Waals surface area contributed by atoms with Crippen molar-refractivity contribution in [2.24, 2.45) is 0 Å². The Hall–Kier alpha value is -3.35. The molecular weight excluding hydrogens is 503 g/mol. The average Bonchev–Trinajstić information content (AvgIpc) is 2.73. The van der Waals surface area contributed by atoms with E-state index in [9.17, 15) is 31.5 Å². The third kappa shape index (κ3) is 8.40. The first-order valence-corrected chi connectivity index (χ1v) is 12.4. The fourth-order valence-electron chi connectivity index (χ4n) is 3.48. The number of nitrogens with zero attached hydrogens (tertiary/aromatic N) is 2. The number of aryl methyl sites for hydroxylation is 3. The molecule has 36 heavy (non-hydrogen) atoms. The number of nitrogens with one attached hydrogen (secondary N) is 1. The summed E-state index contributed by atoms with van der Waals surface area (Å²) in [6.45, 7) is 10.7. The van der Waals surface area contributed by atoms with Crippen molar-refractivity contribution in [1.29, 1.82) is 0 Å². The molecule has 0 aliphatic heterocycles. The maximum atomic E-state index is 13.0. The van der Waals surface area contributed by atoms with Crippen molar-refractivity contribution in [2.75, 3.05) is 22.7 Å². The van der Waals surface area contributed by atoms with Crippen molar-refractivity contribution in [3.05, 3.63) is 46.6 Å². The van der Waals surface area contributed by atoms with Crippen LogP contribution in [0.5, 0.6) is 0 Å². The zero-order valence-electron chi connectivity index (χ0n) is 20.6. The molecule has 0 radical (unpaired) electrons. The summed E-state index contributed by atoms with van der Waals surface area (Å²) < 4.78 is 60.1. The lowest BCUT2D eigenvalue weighted by atomic mass is 10.1. The third-order valence-corrected chi connectivity index (χ3v) is 6.61. The van der Waals surface area contributed by atoms with Gasteiger partial charge in [0.15, 0.2) is 0 Å². The van der Waals surface area contributed by atoms with Gasteiger partial charge in [0.1, 0.15) is 11.4 Å². The molecule has 0 saturated heterocycles. The lowest BCUT2D eigenvalue weighted by Gasteiger charge is -2.23. The van der Waals surface area contributed by atoms with Gasteiger partial charge in [-0.2, -0.15) is 13.2 Å². The molecule has 2 aromatic rings. The lowest BCUT2D eigenvalue weighted by Crippen LogP contribution is -2.27. The second kappa shape index (κ2) is 12.6. The summed E-state index contributed by atoms with van der Waals surface area (Å²) in [6, 6.07) is 4.94. The molecule has 0 bridgehead atoms. The minimum absolute atomic E-state index is 0.0273. The standard InChI is InChI=1S/C21H29N3O4S.C2HF3O2/c1-6-8-9-24(7-2)20-18(21(25)26)12-17(13-22-20)23-29(27,28)19-15(4)10-14(3)11-16(19)5;3-2(4,5)1(6)7/h10-13,23H,6-9H2,1-5H3,(H,25,26);(H,6,7). The zero-order valence-corrected chi connectivity index (χ0v) is 21.4. The van der Waals surface area contributed by atoms with Crippen LogP contribution >= 0.6 is 0 Å². The molecule has 2 rings (SSSR count). The smallest absolute Gasteiger partial charge is 0.478 e. The van der Waals surface area contributed by atoms with E-state index in [0.29, 0.717) is 30.0 Å². The van der Waals surface area contributed by atoms with Gasteiger partial charge >= 0.3 is 18.1 Å². The minimum atomic E-state index is -5.08. The Morgan fingerprint density at radius 1 is 1.06 bits per heavy atom. The summed E-state index contributed by atoms with van der Waals surface area (Å²) in [5.74, 6) is -3.56. The average molecular weight is 534 g/mol. The number of rotatable bonds is 9. The van der Waals surface area contributed by atoms with Gasteiger partial charge in [0.25, 0.3) is 10.0 Å². The number of carboxylic acid groups (broad SMARTS) is 2.